The van der Waals surface area contributed by atoms with Crippen LogP contribution in [-0.2, 0) is 0 Å². The van der Waals surface area contributed by atoms with Gasteiger partial charge in [0.05, 0.1) is 5.56 Å². The van der Waals surface area contributed by atoms with Crippen molar-refractivity contribution in [3.05, 3.63) is 22.8 Å². The van der Waals surface area contributed by atoms with E-state index >= 15 is 0 Å². The molecule has 0 atom stereocenters. The van der Waals surface area contributed by atoms with Crippen molar-refractivity contribution in [1.29, 1.82) is 0 Å². The van der Waals surface area contributed by atoms with Crippen molar-refractivity contribution < 1.29 is 15.0 Å². The molecule has 0 spiro atoms. The molecule has 1 aromatic heterocycles. The SMILES string of the molecule is O=C(O)c1cc(Cl)nc(N2CCC(CO)CC2)c1. The maximum absolute atomic E-state index is 10.9. The number of anilines is 1. The predicted octanol–water partition coefficient (Wildman–Crippen LogP) is 1.64. The van der Waals surface area contributed by atoms with Gasteiger partial charge in [-0.3, -0.25) is 0 Å². The van der Waals surface area contributed by atoms with Crippen molar-refractivity contribution in [2.24, 2.45) is 5.92 Å². The topological polar surface area (TPSA) is 73.7 Å². The summed E-state index contributed by atoms with van der Waals surface area (Å²) in [5.41, 5.74) is 0.147. The first-order valence-corrected chi connectivity index (χ1v) is 6.24. The third-order valence-electron chi connectivity index (χ3n) is 3.22. The van der Waals surface area contributed by atoms with Crippen LogP contribution in [0.25, 0.3) is 0 Å². The Morgan fingerprint density at radius 2 is 2.11 bits per heavy atom. The van der Waals surface area contributed by atoms with Gasteiger partial charge in [0.25, 0.3) is 0 Å². The summed E-state index contributed by atoms with van der Waals surface area (Å²) in [7, 11) is 0. The first-order chi connectivity index (χ1) is 8.60. The third-order valence-corrected chi connectivity index (χ3v) is 3.42. The van der Waals surface area contributed by atoms with E-state index in [2.05, 4.69) is 4.98 Å². The molecular weight excluding hydrogens is 256 g/mol. The van der Waals surface area contributed by atoms with Crippen molar-refractivity contribution in [3.8, 4) is 0 Å². The summed E-state index contributed by atoms with van der Waals surface area (Å²) in [6.45, 7) is 1.73. The van der Waals surface area contributed by atoms with Crippen LogP contribution in [-0.4, -0.2) is 40.9 Å². The second kappa shape index (κ2) is 5.54. The Labute approximate surface area is 110 Å². The lowest BCUT2D eigenvalue weighted by molar-refractivity contribution is 0.0697. The van der Waals surface area contributed by atoms with Crippen LogP contribution in [0, 0.1) is 5.92 Å². The number of hydrogen-bond acceptors (Lipinski definition) is 4. The zero-order valence-corrected chi connectivity index (χ0v) is 10.6. The molecular formula is C12H15ClN2O3. The number of rotatable bonds is 3. The minimum Gasteiger partial charge on any atom is -0.478 e. The molecule has 1 aromatic rings. The molecule has 1 aliphatic rings. The number of carbonyl (C=O) groups is 1. The Bertz CT molecular complexity index is 445. The van der Waals surface area contributed by atoms with Crippen LogP contribution in [0.1, 0.15) is 23.2 Å². The number of carboxylic acid groups (broad SMARTS) is 1. The van der Waals surface area contributed by atoms with Gasteiger partial charge in [-0.05, 0) is 30.9 Å². The predicted molar refractivity (Wildman–Crippen MR) is 68.2 cm³/mol. The maximum Gasteiger partial charge on any atom is 0.335 e. The van der Waals surface area contributed by atoms with Crippen molar-refractivity contribution in [3.63, 3.8) is 0 Å². The second-order valence-electron chi connectivity index (χ2n) is 4.45. The molecule has 0 aromatic carbocycles. The average molecular weight is 271 g/mol. The molecule has 6 heteroatoms. The number of nitrogens with zero attached hydrogens (tertiary/aromatic N) is 2. The van der Waals surface area contributed by atoms with E-state index in [4.69, 9.17) is 21.8 Å². The van der Waals surface area contributed by atoms with E-state index < -0.39 is 5.97 Å². The number of aliphatic hydroxyl groups excluding tert-OH is 1. The normalized spacial score (nSPS) is 16.9. The van der Waals surface area contributed by atoms with E-state index in [1.54, 1.807) is 0 Å². The van der Waals surface area contributed by atoms with Crippen LogP contribution in [0.3, 0.4) is 0 Å². The molecule has 2 heterocycles. The Kier molecular flexibility index (Phi) is 4.04. The first kappa shape index (κ1) is 13.1. The highest BCUT2D eigenvalue weighted by Crippen LogP contribution is 2.24. The van der Waals surface area contributed by atoms with Crippen LogP contribution in [0.5, 0.6) is 0 Å². The fourth-order valence-electron chi connectivity index (χ4n) is 2.11. The molecule has 2 N–H and O–H groups in total. The second-order valence-corrected chi connectivity index (χ2v) is 4.84. The largest absolute Gasteiger partial charge is 0.478 e. The Balaban J connectivity index is 2.16. The van der Waals surface area contributed by atoms with Gasteiger partial charge >= 0.3 is 5.97 Å². The molecule has 0 unspecified atom stereocenters. The zero-order valence-electron chi connectivity index (χ0n) is 9.84. The molecule has 1 aliphatic heterocycles. The van der Waals surface area contributed by atoms with Gasteiger partial charge < -0.3 is 15.1 Å². The lowest BCUT2D eigenvalue weighted by atomic mass is 9.98. The summed E-state index contributed by atoms with van der Waals surface area (Å²) >= 11 is 5.83. The fraction of sp³-hybridized carbons (Fsp3) is 0.500. The third kappa shape index (κ3) is 2.91. The molecule has 98 valence electrons. The highest BCUT2D eigenvalue weighted by molar-refractivity contribution is 6.29. The van der Waals surface area contributed by atoms with Crippen LogP contribution in [0.4, 0.5) is 5.82 Å². The number of halogens is 1. The number of carboxylic acids is 1. The summed E-state index contributed by atoms with van der Waals surface area (Å²) < 4.78 is 0. The molecule has 0 radical (unpaired) electrons. The number of aliphatic hydroxyl groups is 1. The molecule has 0 saturated carbocycles. The first-order valence-electron chi connectivity index (χ1n) is 5.87. The summed E-state index contributed by atoms with van der Waals surface area (Å²) in [6.07, 6.45) is 1.76. The monoisotopic (exact) mass is 270 g/mol. The van der Waals surface area contributed by atoms with Gasteiger partial charge in [0.1, 0.15) is 11.0 Å². The van der Waals surface area contributed by atoms with E-state index in [1.165, 1.54) is 12.1 Å². The van der Waals surface area contributed by atoms with Gasteiger partial charge in [-0.1, -0.05) is 11.6 Å². The number of piperidine rings is 1. The van der Waals surface area contributed by atoms with Gasteiger partial charge in [-0.25, -0.2) is 9.78 Å². The van der Waals surface area contributed by atoms with Crippen LogP contribution in [0.15, 0.2) is 12.1 Å². The van der Waals surface area contributed by atoms with Crippen molar-refractivity contribution >= 4 is 23.4 Å². The van der Waals surface area contributed by atoms with Gasteiger partial charge in [0, 0.05) is 19.7 Å². The lowest BCUT2D eigenvalue weighted by Crippen LogP contribution is -2.35. The number of pyridine rings is 1. The van der Waals surface area contributed by atoms with E-state index in [0.29, 0.717) is 11.7 Å². The molecule has 18 heavy (non-hydrogen) atoms. The average Bonchev–Trinajstić information content (AvgIpc) is 2.38. The van der Waals surface area contributed by atoms with E-state index in [1.807, 2.05) is 4.90 Å². The van der Waals surface area contributed by atoms with Crippen molar-refractivity contribution in [2.75, 3.05) is 24.6 Å². The van der Waals surface area contributed by atoms with E-state index in [0.717, 1.165) is 25.9 Å². The number of aromatic nitrogens is 1. The molecule has 2 rings (SSSR count). The molecule has 0 amide bonds. The molecule has 1 fully saturated rings. The molecule has 0 bridgehead atoms. The van der Waals surface area contributed by atoms with Crippen LogP contribution in [0.2, 0.25) is 5.15 Å². The molecule has 5 nitrogen and oxygen atoms in total. The summed E-state index contributed by atoms with van der Waals surface area (Å²) in [5, 5.41) is 18.2. The Morgan fingerprint density at radius 1 is 1.44 bits per heavy atom. The Morgan fingerprint density at radius 3 is 2.67 bits per heavy atom. The lowest BCUT2D eigenvalue weighted by Gasteiger charge is -2.32. The standard InChI is InChI=1S/C12H15ClN2O3/c13-10-5-9(12(17)18)6-11(14-10)15-3-1-8(7-16)2-4-15/h5-6,8,16H,1-4,7H2,(H,17,18). The van der Waals surface area contributed by atoms with E-state index in [-0.39, 0.29) is 17.3 Å². The van der Waals surface area contributed by atoms with Crippen molar-refractivity contribution in [2.45, 2.75) is 12.8 Å². The number of hydrogen-bond donors (Lipinski definition) is 2. The summed E-state index contributed by atoms with van der Waals surface area (Å²) in [5.74, 6) is -0.0820. The van der Waals surface area contributed by atoms with Crippen LogP contribution < -0.4 is 4.90 Å². The molecule has 0 aliphatic carbocycles. The van der Waals surface area contributed by atoms with Crippen molar-refractivity contribution in [1.82, 2.24) is 4.98 Å². The van der Waals surface area contributed by atoms with Crippen LogP contribution >= 0.6 is 11.6 Å². The Hall–Kier alpha value is -1.33. The minimum absolute atomic E-state index is 0.147. The smallest absolute Gasteiger partial charge is 0.335 e. The van der Waals surface area contributed by atoms with Gasteiger partial charge in [0.15, 0.2) is 0 Å². The summed E-state index contributed by atoms with van der Waals surface area (Å²) in [4.78, 5) is 17.1. The maximum atomic E-state index is 10.9. The quantitative estimate of drug-likeness (QED) is 0.817. The highest BCUT2D eigenvalue weighted by atomic mass is 35.5. The van der Waals surface area contributed by atoms with Gasteiger partial charge in [-0.2, -0.15) is 0 Å². The fourth-order valence-corrected chi connectivity index (χ4v) is 2.32. The number of aromatic carboxylic acids is 1. The summed E-state index contributed by atoms with van der Waals surface area (Å²) in [6, 6.07) is 2.88. The van der Waals surface area contributed by atoms with E-state index in [9.17, 15) is 4.79 Å². The zero-order chi connectivity index (χ0) is 13.1. The minimum atomic E-state index is -1.01. The highest BCUT2D eigenvalue weighted by Gasteiger charge is 2.20. The van der Waals surface area contributed by atoms with Gasteiger partial charge in [-0.15, -0.1) is 0 Å². The van der Waals surface area contributed by atoms with Gasteiger partial charge in [0.2, 0.25) is 0 Å². The molecule has 1 saturated heterocycles.